The molecular formula is C10H16ClN3O. The summed E-state index contributed by atoms with van der Waals surface area (Å²) in [6, 6.07) is 0. The number of aromatic nitrogens is 2. The van der Waals surface area contributed by atoms with Gasteiger partial charge in [0.2, 0.25) is 0 Å². The predicted octanol–water partition coefficient (Wildman–Crippen LogP) is 1.55. The van der Waals surface area contributed by atoms with Crippen molar-refractivity contribution in [2.45, 2.75) is 32.4 Å². The molecule has 1 rings (SSSR count). The molecule has 0 aromatic carbocycles. The van der Waals surface area contributed by atoms with Crippen LogP contribution in [0.15, 0.2) is 12.4 Å². The van der Waals surface area contributed by atoms with Crippen molar-refractivity contribution in [2.75, 3.05) is 6.54 Å². The first-order valence-electron chi connectivity index (χ1n) is 4.79. The predicted molar refractivity (Wildman–Crippen MR) is 59.8 cm³/mol. The van der Waals surface area contributed by atoms with Gasteiger partial charge in [-0.15, -0.1) is 0 Å². The molecule has 0 amide bonds. The Bertz CT molecular complexity index is 325. The molecule has 0 saturated carbocycles. The lowest BCUT2D eigenvalue weighted by Crippen LogP contribution is -2.38. The highest BCUT2D eigenvalue weighted by Gasteiger charge is 2.14. The fraction of sp³-hybridized carbons (Fsp3) is 0.600. The van der Waals surface area contributed by atoms with Gasteiger partial charge in [-0.3, -0.25) is 4.98 Å². The maximum atomic E-state index is 9.78. The normalized spacial score (nSPS) is 13.9. The van der Waals surface area contributed by atoms with Crippen molar-refractivity contribution in [2.24, 2.45) is 0 Å². The highest BCUT2D eigenvalue weighted by atomic mass is 35.5. The third-order valence-corrected chi connectivity index (χ3v) is 1.97. The lowest BCUT2D eigenvalue weighted by atomic mass is 10.1. The molecule has 1 heterocycles. The van der Waals surface area contributed by atoms with E-state index in [2.05, 4.69) is 15.3 Å². The zero-order chi connectivity index (χ0) is 11.5. The second-order valence-electron chi connectivity index (χ2n) is 4.41. The average Bonchev–Trinajstić information content (AvgIpc) is 2.13. The second-order valence-corrected chi connectivity index (χ2v) is 4.80. The summed E-state index contributed by atoms with van der Waals surface area (Å²) >= 11 is 5.67. The van der Waals surface area contributed by atoms with Gasteiger partial charge >= 0.3 is 0 Å². The molecule has 84 valence electrons. The summed E-state index contributed by atoms with van der Waals surface area (Å²) in [6.07, 6.45) is 2.27. The summed E-state index contributed by atoms with van der Waals surface area (Å²) < 4.78 is 0. The van der Waals surface area contributed by atoms with Crippen molar-refractivity contribution in [3.8, 4) is 0 Å². The number of nitrogens with zero attached hydrogens (tertiary/aromatic N) is 2. The van der Waals surface area contributed by atoms with E-state index >= 15 is 0 Å². The molecular weight excluding hydrogens is 214 g/mol. The quantitative estimate of drug-likeness (QED) is 0.826. The fourth-order valence-electron chi connectivity index (χ4n) is 1.02. The van der Waals surface area contributed by atoms with E-state index in [1.54, 1.807) is 0 Å². The summed E-state index contributed by atoms with van der Waals surface area (Å²) in [7, 11) is 0. The molecule has 0 bridgehead atoms. The average molecular weight is 230 g/mol. The largest absolute Gasteiger partial charge is 0.385 e. The summed E-state index contributed by atoms with van der Waals surface area (Å²) in [5, 5.41) is 13.3. The van der Waals surface area contributed by atoms with Gasteiger partial charge < -0.3 is 10.4 Å². The Morgan fingerprint density at radius 3 is 2.67 bits per heavy atom. The van der Waals surface area contributed by atoms with Crippen LogP contribution in [-0.2, 0) is 0 Å². The number of rotatable bonds is 3. The molecule has 5 heteroatoms. The van der Waals surface area contributed by atoms with Crippen molar-refractivity contribution < 1.29 is 5.11 Å². The van der Waals surface area contributed by atoms with E-state index in [0.717, 1.165) is 0 Å². The van der Waals surface area contributed by atoms with Crippen LogP contribution >= 0.6 is 11.6 Å². The van der Waals surface area contributed by atoms with Crippen LogP contribution in [0.2, 0.25) is 5.15 Å². The molecule has 0 fully saturated rings. The Balaban J connectivity index is 2.58. The molecule has 1 atom stereocenters. The highest BCUT2D eigenvalue weighted by molar-refractivity contribution is 6.29. The van der Waals surface area contributed by atoms with Crippen LogP contribution in [0.1, 0.15) is 32.6 Å². The minimum Gasteiger partial charge on any atom is -0.385 e. The van der Waals surface area contributed by atoms with Gasteiger partial charge in [-0.05, 0) is 20.8 Å². The Hall–Kier alpha value is -0.710. The van der Waals surface area contributed by atoms with Crippen LogP contribution < -0.4 is 5.32 Å². The summed E-state index contributed by atoms with van der Waals surface area (Å²) in [5.74, 6) is 0. The third kappa shape index (κ3) is 4.55. The van der Waals surface area contributed by atoms with Gasteiger partial charge in [0.25, 0.3) is 0 Å². The molecule has 4 nitrogen and oxygen atoms in total. The molecule has 1 aromatic heterocycles. The Morgan fingerprint density at radius 1 is 1.47 bits per heavy atom. The number of hydrogen-bond donors (Lipinski definition) is 2. The zero-order valence-corrected chi connectivity index (χ0v) is 9.91. The van der Waals surface area contributed by atoms with Crippen LogP contribution in [0.5, 0.6) is 0 Å². The second kappa shape index (κ2) is 4.88. The lowest BCUT2D eigenvalue weighted by molar-refractivity contribution is 0.158. The van der Waals surface area contributed by atoms with E-state index in [-0.39, 0.29) is 5.54 Å². The first-order valence-corrected chi connectivity index (χ1v) is 5.17. The van der Waals surface area contributed by atoms with Crippen LogP contribution in [0.3, 0.4) is 0 Å². The van der Waals surface area contributed by atoms with E-state index in [9.17, 15) is 5.11 Å². The number of aliphatic hydroxyl groups excluding tert-OH is 1. The first-order chi connectivity index (χ1) is 6.88. The highest BCUT2D eigenvalue weighted by Crippen LogP contribution is 2.11. The van der Waals surface area contributed by atoms with Gasteiger partial charge in [0, 0.05) is 12.1 Å². The van der Waals surface area contributed by atoms with Crippen molar-refractivity contribution in [3.05, 3.63) is 23.2 Å². The van der Waals surface area contributed by atoms with Gasteiger partial charge in [0.1, 0.15) is 11.3 Å². The van der Waals surface area contributed by atoms with Gasteiger partial charge in [-0.25, -0.2) is 4.98 Å². The summed E-state index contributed by atoms with van der Waals surface area (Å²) in [6.45, 7) is 6.52. The van der Waals surface area contributed by atoms with Crippen molar-refractivity contribution in [1.82, 2.24) is 15.3 Å². The molecule has 15 heavy (non-hydrogen) atoms. The maximum Gasteiger partial charge on any atom is 0.147 e. The zero-order valence-electron chi connectivity index (χ0n) is 9.16. The maximum absolute atomic E-state index is 9.78. The molecule has 2 N–H and O–H groups in total. The summed E-state index contributed by atoms with van der Waals surface area (Å²) in [4.78, 5) is 7.85. The van der Waals surface area contributed by atoms with E-state index in [1.807, 2.05) is 20.8 Å². The van der Waals surface area contributed by atoms with Crippen LogP contribution in [0, 0.1) is 0 Å². The molecule has 1 aromatic rings. The minimum absolute atomic E-state index is 0.0347. The third-order valence-electron chi connectivity index (χ3n) is 1.79. The van der Waals surface area contributed by atoms with Gasteiger partial charge in [-0.2, -0.15) is 0 Å². The molecule has 0 saturated heterocycles. The topological polar surface area (TPSA) is 58.0 Å². The van der Waals surface area contributed by atoms with Crippen molar-refractivity contribution in [3.63, 3.8) is 0 Å². The molecule has 0 aliphatic rings. The van der Waals surface area contributed by atoms with Crippen molar-refractivity contribution >= 4 is 11.6 Å². The smallest absolute Gasteiger partial charge is 0.147 e. The number of β-amino-alcohol motifs (C(OH)–C–C–N with tert-alkyl or cyclic N) is 1. The van der Waals surface area contributed by atoms with E-state index < -0.39 is 6.10 Å². The fourth-order valence-corrected chi connectivity index (χ4v) is 1.18. The molecule has 0 aliphatic heterocycles. The Morgan fingerprint density at radius 2 is 2.13 bits per heavy atom. The first kappa shape index (κ1) is 12.4. The minimum atomic E-state index is -0.685. The standard InChI is InChI=1S/C10H16ClN3O/c1-10(2,3)13-5-8(15)7-4-12-6-9(11)14-7/h4,6,8,13,15H,5H2,1-3H3. The SMILES string of the molecule is CC(C)(C)NCC(O)c1cncc(Cl)n1. The molecule has 0 aliphatic carbocycles. The van der Waals surface area contributed by atoms with Crippen LogP contribution in [0.4, 0.5) is 0 Å². The van der Waals surface area contributed by atoms with E-state index in [0.29, 0.717) is 17.4 Å². The number of hydrogen-bond acceptors (Lipinski definition) is 4. The monoisotopic (exact) mass is 229 g/mol. The number of halogens is 1. The lowest BCUT2D eigenvalue weighted by Gasteiger charge is -2.22. The molecule has 1 unspecified atom stereocenters. The Labute approximate surface area is 94.7 Å². The number of aliphatic hydroxyl groups is 1. The van der Waals surface area contributed by atoms with Gasteiger partial charge in [0.05, 0.1) is 18.1 Å². The van der Waals surface area contributed by atoms with Crippen LogP contribution in [0.25, 0.3) is 0 Å². The van der Waals surface area contributed by atoms with Crippen LogP contribution in [-0.4, -0.2) is 27.2 Å². The van der Waals surface area contributed by atoms with Gasteiger partial charge in [-0.1, -0.05) is 11.6 Å². The molecule has 0 spiro atoms. The van der Waals surface area contributed by atoms with E-state index in [1.165, 1.54) is 12.4 Å². The van der Waals surface area contributed by atoms with Crippen molar-refractivity contribution in [1.29, 1.82) is 0 Å². The number of nitrogens with one attached hydrogen (secondary N) is 1. The Kier molecular flexibility index (Phi) is 4.02. The van der Waals surface area contributed by atoms with Gasteiger partial charge in [0.15, 0.2) is 0 Å². The molecule has 0 radical (unpaired) electrons. The van der Waals surface area contributed by atoms with E-state index in [4.69, 9.17) is 11.6 Å². The summed E-state index contributed by atoms with van der Waals surface area (Å²) in [5.41, 5.74) is 0.451.